The number of aliphatic carboxylic acids is 1. The lowest BCUT2D eigenvalue weighted by Gasteiger charge is -1.96. The van der Waals surface area contributed by atoms with Crippen molar-refractivity contribution in [2.75, 3.05) is 0 Å². The summed E-state index contributed by atoms with van der Waals surface area (Å²) in [5.41, 5.74) is 0. The van der Waals surface area contributed by atoms with Crippen LogP contribution in [0.1, 0.15) is 71.1 Å². The molecular formula is C14H26O2. The van der Waals surface area contributed by atoms with Gasteiger partial charge in [-0.1, -0.05) is 44.8 Å². The molecule has 0 aliphatic carbocycles. The van der Waals surface area contributed by atoms with Gasteiger partial charge < -0.3 is 5.11 Å². The zero-order chi connectivity index (χ0) is 12.1. The molecule has 0 fully saturated rings. The van der Waals surface area contributed by atoms with E-state index in [0.717, 1.165) is 25.7 Å². The van der Waals surface area contributed by atoms with Crippen molar-refractivity contribution in [3.05, 3.63) is 12.2 Å². The van der Waals surface area contributed by atoms with Gasteiger partial charge in [0.1, 0.15) is 0 Å². The molecule has 0 unspecified atom stereocenters. The monoisotopic (exact) mass is 226 g/mol. The quantitative estimate of drug-likeness (QED) is 0.414. The zero-order valence-electron chi connectivity index (χ0n) is 10.6. The Bertz CT molecular complexity index is 185. The molecular weight excluding hydrogens is 200 g/mol. The van der Waals surface area contributed by atoms with Crippen molar-refractivity contribution in [3.63, 3.8) is 0 Å². The Morgan fingerprint density at radius 2 is 1.50 bits per heavy atom. The number of carboxylic acids is 1. The minimum Gasteiger partial charge on any atom is -0.481 e. The van der Waals surface area contributed by atoms with E-state index in [1.807, 2.05) is 0 Å². The van der Waals surface area contributed by atoms with E-state index in [1.54, 1.807) is 0 Å². The van der Waals surface area contributed by atoms with E-state index in [2.05, 4.69) is 19.1 Å². The number of unbranched alkanes of at least 4 members (excludes halogenated alkanes) is 7. The van der Waals surface area contributed by atoms with Crippen LogP contribution in [0.2, 0.25) is 0 Å². The first kappa shape index (κ1) is 15.2. The second-order valence-electron chi connectivity index (χ2n) is 4.31. The predicted octanol–water partition coefficient (Wildman–Crippen LogP) is 4.55. The Morgan fingerprint density at radius 3 is 2.00 bits per heavy atom. The zero-order valence-corrected chi connectivity index (χ0v) is 10.6. The fourth-order valence-electron chi connectivity index (χ4n) is 1.64. The SMILES string of the molecule is CCCCCCC=CCCCCCC(=O)O. The van der Waals surface area contributed by atoms with Gasteiger partial charge in [-0.15, -0.1) is 0 Å². The lowest BCUT2D eigenvalue weighted by molar-refractivity contribution is -0.137. The fourth-order valence-corrected chi connectivity index (χ4v) is 1.64. The van der Waals surface area contributed by atoms with Gasteiger partial charge in [-0.05, 0) is 32.1 Å². The minimum absolute atomic E-state index is 0.320. The first-order valence-electron chi connectivity index (χ1n) is 6.64. The van der Waals surface area contributed by atoms with Gasteiger partial charge in [-0.2, -0.15) is 0 Å². The van der Waals surface area contributed by atoms with Crippen molar-refractivity contribution >= 4 is 5.97 Å². The van der Waals surface area contributed by atoms with Crippen LogP contribution in [0.3, 0.4) is 0 Å². The predicted molar refractivity (Wildman–Crippen MR) is 68.6 cm³/mol. The van der Waals surface area contributed by atoms with Gasteiger partial charge >= 0.3 is 5.97 Å². The minimum atomic E-state index is -0.675. The summed E-state index contributed by atoms with van der Waals surface area (Å²) in [6.45, 7) is 2.23. The standard InChI is InChI=1S/C14H26O2/c1-2-3-4-5-6-7-8-9-10-11-12-13-14(15)16/h7-8H,2-6,9-13H2,1H3,(H,15,16). The maximum absolute atomic E-state index is 10.2. The fraction of sp³-hybridized carbons (Fsp3) is 0.786. The average Bonchev–Trinajstić information content (AvgIpc) is 2.25. The van der Waals surface area contributed by atoms with Crippen LogP contribution < -0.4 is 0 Å². The Labute approximate surface area is 99.7 Å². The summed E-state index contributed by atoms with van der Waals surface area (Å²) in [6.07, 6.45) is 15.4. The molecule has 0 spiro atoms. The van der Waals surface area contributed by atoms with E-state index >= 15 is 0 Å². The number of carboxylic acid groups (broad SMARTS) is 1. The largest absolute Gasteiger partial charge is 0.481 e. The molecule has 0 saturated heterocycles. The van der Waals surface area contributed by atoms with E-state index < -0.39 is 5.97 Å². The molecule has 0 radical (unpaired) electrons. The third kappa shape index (κ3) is 13.2. The number of hydrogen-bond donors (Lipinski definition) is 1. The number of hydrogen-bond acceptors (Lipinski definition) is 1. The maximum atomic E-state index is 10.2. The summed E-state index contributed by atoms with van der Waals surface area (Å²) in [5, 5.41) is 8.44. The molecule has 16 heavy (non-hydrogen) atoms. The molecule has 2 heteroatoms. The Balaban J connectivity index is 3.06. The lowest BCUT2D eigenvalue weighted by atomic mass is 10.1. The van der Waals surface area contributed by atoms with Crippen LogP contribution in [0.25, 0.3) is 0 Å². The Kier molecular flexibility index (Phi) is 11.7. The molecule has 0 rings (SSSR count). The Hall–Kier alpha value is -0.790. The average molecular weight is 226 g/mol. The molecule has 1 N–H and O–H groups in total. The smallest absolute Gasteiger partial charge is 0.303 e. The van der Waals surface area contributed by atoms with Gasteiger partial charge in [-0.25, -0.2) is 0 Å². The van der Waals surface area contributed by atoms with Crippen LogP contribution >= 0.6 is 0 Å². The maximum Gasteiger partial charge on any atom is 0.303 e. The van der Waals surface area contributed by atoms with Crippen molar-refractivity contribution in [1.29, 1.82) is 0 Å². The normalized spacial score (nSPS) is 11.1. The molecule has 0 amide bonds. The van der Waals surface area contributed by atoms with E-state index in [1.165, 1.54) is 32.1 Å². The van der Waals surface area contributed by atoms with Gasteiger partial charge in [0.2, 0.25) is 0 Å². The van der Waals surface area contributed by atoms with Gasteiger partial charge in [0.25, 0.3) is 0 Å². The second kappa shape index (κ2) is 12.3. The summed E-state index contributed by atoms with van der Waals surface area (Å²) in [7, 11) is 0. The first-order valence-corrected chi connectivity index (χ1v) is 6.64. The number of rotatable bonds is 11. The van der Waals surface area contributed by atoms with Crippen LogP contribution in [0.4, 0.5) is 0 Å². The van der Waals surface area contributed by atoms with Crippen LogP contribution in [-0.2, 0) is 4.79 Å². The molecule has 0 atom stereocenters. The van der Waals surface area contributed by atoms with Gasteiger partial charge in [0.15, 0.2) is 0 Å². The molecule has 0 aliphatic rings. The van der Waals surface area contributed by atoms with Gasteiger partial charge in [0.05, 0.1) is 0 Å². The first-order chi connectivity index (χ1) is 7.77. The molecule has 0 heterocycles. The molecule has 0 saturated carbocycles. The highest BCUT2D eigenvalue weighted by Crippen LogP contribution is 2.06. The second-order valence-corrected chi connectivity index (χ2v) is 4.31. The lowest BCUT2D eigenvalue weighted by Crippen LogP contribution is -1.93. The molecule has 0 aromatic carbocycles. The summed E-state index contributed by atoms with van der Waals surface area (Å²) in [5.74, 6) is -0.675. The van der Waals surface area contributed by atoms with E-state index in [4.69, 9.17) is 5.11 Å². The van der Waals surface area contributed by atoms with Gasteiger partial charge in [0, 0.05) is 6.42 Å². The van der Waals surface area contributed by atoms with Crippen LogP contribution in [0.5, 0.6) is 0 Å². The highest BCUT2D eigenvalue weighted by Gasteiger charge is 1.94. The molecule has 94 valence electrons. The summed E-state index contributed by atoms with van der Waals surface area (Å²) in [6, 6.07) is 0. The molecule has 0 aliphatic heterocycles. The van der Waals surface area contributed by atoms with Gasteiger partial charge in [-0.3, -0.25) is 4.79 Å². The summed E-state index contributed by atoms with van der Waals surface area (Å²) < 4.78 is 0. The molecule has 2 nitrogen and oxygen atoms in total. The van der Waals surface area contributed by atoms with Crippen molar-refractivity contribution in [2.24, 2.45) is 0 Å². The number of allylic oxidation sites excluding steroid dienone is 2. The summed E-state index contributed by atoms with van der Waals surface area (Å²) in [4.78, 5) is 10.2. The third-order valence-electron chi connectivity index (χ3n) is 2.65. The van der Waals surface area contributed by atoms with Crippen molar-refractivity contribution in [2.45, 2.75) is 71.1 Å². The van der Waals surface area contributed by atoms with E-state index in [9.17, 15) is 4.79 Å². The van der Waals surface area contributed by atoms with Crippen molar-refractivity contribution in [1.82, 2.24) is 0 Å². The highest BCUT2D eigenvalue weighted by atomic mass is 16.4. The Morgan fingerprint density at radius 1 is 0.938 bits per heavy atom. The van der Waals surface area contributed by atoms with E-state index in [0.29, 0.717) is 6.42 Å². The van der Waals surface area contributed by atoms with E-state index in [-0.39, 0.29) is 0 Å². The topological polar surface area (TPSA) is 37.3 Å². The van der Waals surface area contributed by atoms with Crippen LogP contribution in [-0.4, -0.2) is 11.1 Å². The van der Waals surface area contributed by atoms with Crippen LogP contribution in [0, 0.1) is 0 Å². The van der Waals surface area contributed by atoms with Crippen molar-refractivity contribution in [3.8, 4) is 0 Å². The molecule has 0 aromatic rings. The third-order valence-corrected chi connectivity index (χ3v) is 2.65. The number of carbonyl (C=O) groups is 1. The molecule has 0 bridgehead atoms. The summed E-state index contributed by atoms with van der Waals surface area (Å²) >= 11 is 0. The van der Waals surface area contributed by atoms with Crippen molar-refractivity contribution < 1.29 is 9.90 Å². The van der Waals surface area contributed by atoms with Crippen LogP contribution in [0.15, 0.2) is 12.2 Å². The molecule has 0 aromatic heterocycles. The highest BCUT2D eigenvalue weighted by molar-refractivity contribution is 5.66.